The molecule has 2 fully saturated rings. The van der Waals surface area contributed by atoms with Crippen molar-refractivity contribution in [1.29, 1.82) is 0 Å². The van der Waals surface area contributed by atoms with Crippen LogP contribution >= 0.6 is 0 Å². The zero-order chi connectivity index (χ0) is 19.1. The largest absolute Gasteiger partial charge is 0.433 e. The highest BCUT2D eigenvalue weighted by molar-refractivity contribution is 7.89. The first-order valence-electron chi connectivity index (χ1n) is 8.47. The fraction of sp³-hybridized carbons (Fsp3) is 0.688. The second kappa shape index (κ2) is 7.06. The van der Waals surface area contributed by atoms with Gasteiger partial charge >= 0.3 is 6.18 Å². The minimum atomic E-state index is -4.60. The van der Waals surface area contributed by atoms with Crippen molar-refractivity contribution in [3.8, 4) is 0 Å². The smallest absolute Gasteiger partial charge is 0.381 e. The fourth-order valence-corrected chi connectivity index (χ4v) is 4.88. The summed E-state index contributed by atoms with van der Waals surface area (Å²) in [5.74, 6) is 0.472. The quantitative estimate of drug-likeness (QED) is 0.780. The third-order valence-electron chi connectivity index (χ3n) is 5.14. The number of hydrogen-bond acceptors (Lipinski definition) is 5. The maximum atomic E-state index is 12.8. The molecule has 1 aromatic rings. The van der Waals surface area contributed by atoms with Crippen molar-refractivity contribution in [2.45, 2.75) is 31.0 Å². The predicted octanol–water partition coefficient (Wildman–Crippen LogP) is 1.75. The minimum Gasteiger partial charge on any atom is -0.381 e. The Morgan fingerprint density at radius 1 is 1.19 bits per heavy atom. The first-order valence-corrected chi connectivity index (χ1v) is 9.91. The van der Waals surface area contributed by atoms with Gasteiger partial charge in [-0.05, 0) is 26.0 Å². The van der Waals surface area contributed by atoms with E-state index < -0.39 is 21.9 Å². The zero-order valence-electron chi connectivity index (χ0n) is 14.7. The molecule has 0 amide bonds. The number of nitrogens with zero attached hydrogens (tertiary/aromatic N) is 3. The molecule has 3 rings (SSSR count). The van der Waals surface area contributed by atoms with E-state index in [0.717, 1.165) is 25.3 Å². The summed E-state index contributed by atoms with van der Waals surface area (Å²) in [4.78, 5) is 5.50. The minimum absolute atomic E-state index is 0.137. The van der Waals surface area contributed by atoms with Crippen LogP contribution in [0.3, 0.4) is 0 Å². The van der Waals surface area contributed by atoms with Crippen LogP contribution in [0.15, 0.2) is 17.0 Å². The number of halogens is 3. The third-order valence-corrected chi connectivity index (χ3v) is 7.17. The molecule has 0 unspecified atom stereocenters. The average molecular weight is 393 g/mol. The van der Waals surface area contributed by atoms with Gasteiger partial charge in [-0.2, -0.15) is 17.5 Å². The molecule has 6 nitrogen and oxygen atoms in total. The van der Waals surface area contributed by atoms with Crippen LogP contribution in [-0.2, 0) is 20.9 Å². The molecule has 0 saturated carbocycles. The van der Waals surface area contributed by atoms with Gasteiger partial charge < -0.3 is 4.74 Å². The number of pyridine rings is 1. The molecule has 10 heteroatoms. The Balaban J connectivity index is 1.71. The number of piperazine rings is 1. The molecule has 0 aromatic carbocycles. The molecule has 2 saturated heterocycles. The molecule has 1 atom stereocenters. The Kier molecular flexibility index (Phi) is 5.31. The highest BCUT2D eigenvalue weighted by Gasteiger charge is 2.37. The maximum Gasteiger partial charge on any atom is 0.433 e. The molecular weight excluding hydrogens is 371 g/mol. The second-order valence-electron chi connectivity index (χ2n) is 6.76. The van der Waals surface area contributed by atoms with Crippen LogP contribution in [0.25, 0.3) is 0 Å². The van der Waals surface area contributed by atoms with Crippen LogP contribution in [0.4, 0.5) is 13.2 Å². The molecule has 0 bridgehead atoms. The molecule has 146 valence electrons. The van der Waals surface area contributed by atoms with E-state index in [-0.39, 0.29) is 10.6 Å². The van der Waals surface area contributed by atoms with E-state index in [1.165, 1.54) is 11.2 Å². The number of ether oxygens (including phenoxy) is 1. The van der Waals surface area contributed by atoms with Crippen LogP contribution in [-0.4, -0.2) is 68.0 Å². The lowest BCUT2D eigenvalue weighted by atomic mass is 9.98. The van der Waals surface area contributed by atoms with Crippen LogP contribution in [0.2, 0.25) is 0 Å². The molecular formula is C16H22F3N3O3S. The number of aryl methyl sites for hydroxylation is 1. The topological polar surface area (TPSA) is 62.7 Å². The number of rotatable bonds is 4. The van der Waals surface area contributed by atoms with Gasteiger partial charge in [0.15, 0.2) is 0 Å². The molecule has 2 aliphatic rings. The SMILES string of the molecule is Cc1nc(C(F)(F)F)ccc1S(=O)(=O)N1CCN([C@H](C)C2COC2)CC1. The van der Waals surface area contributed by atoms with E-state index >= 15 is 0 Å². The molecule has 3 heterocycles. The number of aromatic nitrogens is 1. The lowest BCUT2D eigenvalue weighted by molar-refractivity contribution is -0.141. The summed E-state index contributed by atoms with van der Waals surface area (Å²) in [6, 6.07) is 2.04. The monoisotopic (exact) mass is 393 g/mol. The average Bonchev–Trinajstić information content (AvgIpc) is 2.52. The molecule has 0 radical (unpaired) electrons. The maximum absolute atomic E-state index is 12.8. The van der Waals surface area contributed by atoms with Crippen molar-refractivity contribution < 1.29 is 26.3 Å². The second-order valence-corrected chi connectivity index (χ2v) is 8.66. The molecule has 2 aliphatic heterocycles. The van der Waals surface area contributed by atoms with Crippen molar-refractivity contribution in [3.63, 3.8) is 0 Å². The van der Waals surface area contributed by atoms with Crippen molar-refractivity contribution in [3.05, 3.63) is 23.5 Å². The predicted molar refractivity (Wildman–Crippen MR) is 88.1 cm³/mol. The Morgan fingerprint density at radius 3 is 2.27 bits per heavy atom. The summed E-state index contributed by atoms with van der Waals surface area (Å²) < 4.78 is 70.4. The molecule has 0 N–H and O–H groups in total. The first-order chi connectivity index (χ1) is 12.1. The molecule has 26 heavy (non-hydrogen) atoms. The standard InChI is InChI=1S/C16H22F3N3O3S/c1-11-14(3-4-15(20-11)16(17,18)19)26(23,24)22-7-5-21(6-8-22)12(2)13-9-25-10-13/h3-4,12-13H,5-10H2,1-2H3/t12-/m1/s1. The van der Waals surface area contributed by atoms with Gasteiger partial charge in [0.1, 0.15) is 10.6 Å². The van der Waals surface area contributed by atoms with E-state index in [1.54, 1.807) is 0 Å². The van der Waals surface area contributed by atoms with Crippen LogP contribution in [0, 0.1) is 12.8 Å². The first kappa shape index (κ1) is 19.5. The summed E-state index contributed by atoms with van der Waals surface area (Å²) in [5.41, 5.74) is -1.22. The lowest BCUT2D eigenvalue weighted by Crippen LogP contribution is -2.55. The summed E-state index contributed by atoms with van der Waals surface area (Å²) >= 11 is 0. The van der Waals surface area contributed by atoms with Crippen molar-refractivity contribution in [2.24, 2.45) is 5.92 Å². The Labute approximate surface area is 151 Å². The summed E-state index contributed by atoms with van der Waals surface area (Å²) in [7, 11) is -3.86. The van der Waals surface area contributed by atoms with Gasteiger partial charge in [-0.15, -0.1) is 0 Å². The van der Waals surface area contributed by atoms with Gasteiger partial charge in [-0.1, -0.05) is 0 Å². The van der Waals surface area contributed by atoms with E-state index in [0.29, 0.717) is 38.1 Å². The highest BCUT2D eigenvalue weighted by Crippen LogP contribution is 2.30. The van der Waals surface area contributed by atoms with Crippen LogP contribution in [0.5, 0.6) is 0 Å². The van der Waals surface area contributed by atoms with Gasteiger partial charge in [0, 0.05) is 38.1 Å². The fourth-order valence-electron chi connectivity index (χ4n) is 3.30. The van der Waals surface area contributed by atoms with E-state index in [1.807, 2.05) is 0 Å². The van der Waals surface area contributed by atoms with Crippen molar-refractivity contribution in [2.75, 3.05) is 39.4 Å². The number of hydrogen-bond donors (Lipinski definition) is 0. The number of alkyl halides is 3. The van der Waals surface area contributed by atoms with Gasteiger partial charge in [0.25, 0.3) is 0 Å². The number of sulfonamides is 1. The molecule has 0 spiro atoms. The normalized spacial score (nSPS) is 22.2. The van der Waals surface area contributed by atoms with Crippen LogP contribution < -0.4 is 0 Å². The van der Waals surface area contributed by atoms with E-state index in [9.17, 15) is 21.6 Å². The highest BCUT2D eigenvalue weighted by atomic mass is 32.2. The van der Waals surface area contributed by atoms with Crippen molar-refractivity contribution >= 4 is 10.0 Å². The van der Waals surface area contributed by atoms with Gasteiger partial charge in [0.2, 0.25) is 10.0 Å². The van der Waals surface area contributed by atoms with Crippen molar-refractivity contribution in [1.82, 2.24) is 14.2 Å². The van der Waals surface area contributed by atoms with Gasteiger partial charge in [-0.3, -0.25) is 4.90 Å². The summed E-state index contributed by atoms with van der Waals surface area (Å²) in [6.45, 7) is 6.65. The van der Waals surface area contributed by atoms with Crippen LogP contribution in [0.1, 0.15) is 18.3 Å². The Hall–Kier alpha value is -1.23. The summed E-state index contributed by atoms with van der Waals surface area (Å²) in [6.07, 6.45) is -4.60. The van der Waals surface area contributed by atoms with E-state index in [4.69, 9.17) is 4.74 Å². The lowest BCUT2D eigenvalue weighted by Gasteiger charge is -2.42. The van der Waals surface area contributed by atoms with E-state index in [2.05, 4.69) is 16.8 Å². The summed E-state index contributed by atoms with van der Waals surface area (Å²) in [5, 5.41) is 0. The van der Waals surface area contributed by atoms with Gasteiger partial charge in [-0.25, -0.2) is 13.4 Å². The molecule has 1 aromatic heterocycles. The van der Waals surface area contributed by atoms with Gasteiger partial charge in [0.05, 0.1) is 18.9 Å². The Bertz CT molecular complexity index is 758. The molecule has 0 aliphatic carbocycles. The zero-order valence-corrected chi connectivity index (χ0v) is 15.5. The third kappa shape index (κ3) is 3.73. The Morgan fingerprint density at radius 2 is 1.81 bits per heavy atom.